The van der Waals surface area contributed by atoms with E-state index in [1.54, 1.807) is 0 Å². The van der Waals surface area contributed by atoms with Crippen LogP contribution in [0, 0.1) is 0 Å². The van der Waals surface area contributed by atoms with Crippen LogP contribution in [0.5, 0.6) is 0 Å². The van der Waals surface area contributed by atoms with Gasteiger partial charge in [-0.2, -0.15) is 0 Å². The molecule has 124 valence electrons. The fraction of sp³-hybridized carbons (Fsp3) is 0.400. The monoisotopic (exact) mass is 339 g/mol. The number of nitrogens with two attached hydrogens (primary N) is 1. The molecule has 0 saturated carbocycles. The fourth-order valence-corrected chi connectivity index (χ4v) is 5.29. The van der Waals surface area contributed by atoms with Gasteiger partial charge in [-0.15, -0.1) is 0 Å². The molecule has 2 aromatic rings. The summed E-state index contributed by atoms with van der Waals surface area (Å²) in [7, 11) is 0. The van der Waals surface area contributed by atoms with Crippen LogP contribution in [0.2, 0.25) is 5.02 Å². The van der Waals surface area contributed by atoms with E-state index in [0.717, 1.165) is 37.7 Å². The van der Waals surface area contributed by atoms with Crippen LogP contribution in [-0.4, -0.2) is 42.6 Å². The molecule has 1 heterocycles. The van der Waals surface area contributed by atoms with Gasteiger partial charge in [-0.1, -0.05) is 41.9 Å². The Bertz CT molecular complexity index is 797. The number of piperazine rings is 1. The van der Waals surface area contributed by atoms with Crippen LogP contribution in [0.1, 0.15) is 34.6 Å². The highest BCUT2D eigenvalue weighted by Crippen LogP contribution is 2.60. The van der Waals surface area contributed by atoms with E-state index < -0.39 is 0 Å². The Balaban J connectivity index is 1.60. The molecule has 1 fully saturated rings. The van der Waals surface area contributed by atoms with Gasteiger partial charge in [-0.3, -0.25) is 10.7 Å². The normalized spacial score (nSPS) is 28.8. The maximum Gasteiger partial charge on any atom is 0.0409 e. The average Bonchev–Trinajstić information content (AvgIpc) is 3.09. The quantitative estimate of drug-likeness (QED) is 0.854. The van der Waals surface area contributed by atoms with Gasteiger partial charge in [0, 0.05) is 49.1 Å². The SMILES string of the molecule is NN1CCN(C[C@@]23C[C@@H](c4ccccc42)c2ccc(Cl)cc23)CC1. The Kier molecular flexibility index (Phi) is 3.29. The molecule has 3 aliphatic rings. The fourth-order valence-electron chi connectivity index (χ4n) is 5.12. The molecule has 0 aromatic heterocycles. The van der Waals surface area contributed by atoms with E-state index in [-0.39, 0.29) is 5.41 Å². The van der Waals surface area contributed by atoms with Crippen molar-refractivity contribution < 1.29 is 0 Å². The van der Waals surface area contributed by atoms with E-state index >= 15 is 0 Å². The molecule has 2 atom stereocenters. The summed E-state index contributed by atoms with van der Waals surface area (Å²) in [5, 5.41) is 2.78. The number of hydrogen-bond donors (Lipinski definition) is 1. The third-order valence-electron chi connectivity index (χ3n) is 6.21. The predicted octanol–water partition coefficient (Wildman–Crippen LogP) is 2.97. The zero-order valence-corrected chi connectivity index (χ0v) is 14.5. The van der Waals surface area contributed by atoms with Gasteiger partial charge in [0.1, 0.15) is 0 Å². The van der Waals surface area contributed by atoms with Gasteiger partial charge in [0.2, 0.25) is 0 Å². The first-order valence-corrected chi connectivity index (χ1v) is 9.16. The number of hydrazine groups is 1. The molecule has 1 aliphatic heterocycles. The highest BCUT2D eigenvalue weighted by Gasteiger charge is 2.53. The van der Waals surface area contributed by atoms with Crippen molar-refractivity contribution in [3.8, 4) is 0 Å². The first-order chi connectivity index (χ1) is 11.7. The molecular formula is C20H22ClN3. The second-order valence-corrected chi connectivity index (χ2v) is 7.91. The van der Waals surface area contributed by atoms with Crippen LogP contribution in [-0.2, 0) is 5.41 Å². The Morgan fingerprint density at radius 1 is 1.00 bits per heavy atom. The Hall–Kier alpha value is -1.39. The van der Waals surface area contributed by atoms with Crippen molar-refractivity contribution in [3.63, 3.8) is 0 Å². The molecule has 24 heavy (non-hydrogen) atoms. The van der Waals surface area contributed by atoms with Crippen LogP contribution in [0.4, 0.5) is 0 Å². The van der Waals surface area contributed by atoms with E-state index in [4.69, 9.17) is 17.4 Å². The summed E-state index contributed by atoms with van der Waals surface area (Å²) in [5.41, 5.74) is 6.06. The largest absolute Gasteiger partial charge is 0.299 e. The van der Waals surface area contributed by atoms with Gasteiger partial charge >= 0.3 is 0 Å². The van der Waals surface area contributed by atoms with Gasteiger partial charge in [0.25, 0.3) is 0 Å². The molecule has 2 aromatic carbocycles. The van der Waals surface area contributed by atoms with Crippen molar-refractivity contribution in [2.45, 2.75) is 17.8 Å². The molecule has 3 nitrogen and oxygen atoms in total. The average molecular weight is 340 g/mol. The van der Waals surface area contributed by atoms with Gasteiger partial charge < -0.3 is 0 Å². The molecule has 0 spiro atoms. The molecule has 5 rings (SSSR count). The third-order valence-corrected chi connectivity index (χ3v) is 6.45. The number of hydrogen-bond acceptors (Lipinski definition) is 3. The lowest BCUT2D eigenvalue weighted by Crippen LogP contribution is -2.52. The van der Waals surface area contributed by atoms with E-state index in [0.29, 0.717) is 5.92 Å². The molecule has 0 unspecified atom stereocenters. The number of benzene rings is 2. The number of rotatable bonds is 2. The van der Waals surface area contributed by atoms with Crippen LogP contribution >= 0.6 is 11.6 Å². The summed E-state index contributed by atoms with van der Waals surface area (Å²) in [6, 6.07) is 15.5. The van der Waals surface area contributed by atoms with E-state index in [9.17, 15) is 0 Å². The van der Waals surface area contributed by atoms with Gasteiger partial charge in [0.15, 0.2) is 0 Å². The topological polar surface area (TPSA) is 32.5 Å². The highest BCUT2D eigenvalue weighted by molar-refractivity contribution is 6.30. The van der Waals surface area contributed by atoms with Gasteiger partial charge in [0.05, 0.1) is 0 Å². The molecule has 2 N–H and O–H groups in total. The van der Waals surface area contributed by atoms with Crippen LogP contribution in [0.3, 0.4) is 0 Å². The molecular weight excluding hydrogens is 318 g/mol. The summed E-state index contributed by atoms with van der Waals surface area (Å²) in [5.74, 6) is 6.47. The van der Waals surface area contributed by atoms with E-state index in [1.165, 1.54) is 28.7 Å². The second-order valence-electron chi connectivity index (χ2n) is 7.47. The lowest BCUT2D eigenvalue weighted by molar-refractivity contribution is 0.118. The minimum atomic E-state index is 0.0955. The number of fused-ring (bicyclic) bond motifs is 8. The lowest BCUT2D eigenvalue weighted by Gasteiger charge is -2.40. The van der Waals surface area contributed by atoms with Crippen molar-refractivity contribution in [3.05, 3.63) is 69.7 Å². The number of halogens is 1. The third kappa shape index (κ3) is 2.02. The van der Waals surface area contributed by atoms with Crippen molar-refractivity contribution in [2.24, 2.45) is 5.84 Å². The van der Waals surface area contributed by atoms with Crippen molar-refractivity contribution in [1.82, 2.24) is 9.91 Å². The summed E-state index contributed by atoms with van der Waals surface area (Å²) in [4.78, 5) is 2.58. The molecule has 0 radical (unpaired) electrons. The van der Waals surface area contributed by atoms with E-state index in [1.807, 2.05) is 11.1 Å². The Morgan fingerprint density at radius 3 is 2.58 bits per heavy atom. The maximum absolute atomic E-state index is 6.37. The Labute approximate surface area is 148 Å². The number of nitrogens with zero attached hydrogens (tertiary/aromatic N) is 2. The molecule has 1 saturated heterocycles. The van der Waals surface area contributed by atoms with Crippen LogP contribution in [0.15, 0.2) is 42.5 Å². The first kappa shape index (κ1) is 14.9. The second kappa shape index (κ2) is 5.30. The lowest BCUT2D eigenvalue weighted by atomic mass is 9.74. The summed E-state index contributed by atoms with van der Waals surface area (Å²) >= 11 is 6.37. The smallest absolute Gasteiger partial charge is 0.0409 e. The van der Waals surface area contributed by atoms with Crippen LogP contribution < -0.4 is 5.84 Å². The minimum Gasteiger partial charge on any atom is -0.299 e. The predicted molar refractivity (Wildman–Crippen MR) is 97.3 cm³/mol. The zero-order valence-electron chi connectivity index (χ0n) is 13.7. The summed E-state index contributed by atoms with van der Waals surface area (Å²) in [6.45, 7) is 5.05. The summed E-state index contributed by atoms with van der Waals surface area (Å²) < 4.78 is 0. The molecule has 0 amide bonds. The maximum atomic E-state index is 6.37. The molecule has 2 aliphatic carbocycles. The Morgan fingerprint density at radius 2 is 1.75 bits per heavy atom. The standard InChI is InChI=1S/C20H22ClN3/c21-14-5-6-16-17-12-20(19(16)11-14,18-4-2-1-3-15(17)18)13-23-7-9-24(22)10-8-23/h1-6,11,17H,7-10,12-13,22H2/t17-,20-/m0/s1. The van der Waals surface area contributed by atoms with E-state index in [2.05, 4.69) is 41.3 Å². The van der Waals surface area contributed by atoms with Crippen LogP contribution in [0.25, 0.3) is 0 Å². The van der Waals surface area contributed by atoms with Crippen molar-refractivity contribution in [1.29, 1.82) is 0 Å². The minimum absolute atomic E-state index is 0.0955. The first-order valence-electron chi connectivity index (χ1n) is 8.79. The highest BCUT2D eigenvalue weighted by atomic mass is 35.5. The molecule has 2 bridgehead atoms. The summed E-state index contributed by atoms with van der Waals surface area (Å²) in [6.07, 6.45) is 1.19. The molecule has 4 heteroatoms. The van der Waals surface area contributed by atoms with Crippen molar-refractivity contribution in [2.75, 3.05) is 32.7 Å². The zero-order chi connectivity index (χ0) is 16.3. The van der Waals surface area contributed by atoms with Crippen molar-refractivity contribution >= 4 is 11.6 Å². The van der Waals surface area contributed by atoms with Gasteiger partial charge in [-0.25, -0.2) is 5.01 Å². The van der Waals surface area contributed by atoms with Gasteiger partial charge in [-0.05, 0) is 40.8 Å².